The monoisotopic (exact) mass is 348 g/mol. The van der Waals surface area contributed by atoms with Crippen LogP contribution in [0.5, 0.6) is 0 Å². The van der Waals surface area contributed by atoms with E-state index < -0.39 is 0 Å². The van der Waals surface area contributed by atoms with Crippen molar-refractivity contribution in [2.24, 2.45) is 0 Å². The number of para-hydroxylation sites is 1. The highest BCUT2D eigenvalue weighted by Crippen LogP contribution is 2.19. The predicted octanol–water partition coefficient (Wildman–Crippen LogP) is 4.47. The highest BCUT2D eigenvalue weighted by Gasteiger charge is 2.18. The minimum absolute atomic E-state index is 0.00744. The zero-order chi connectivity index (χ0) is 18.4. The summed E-state index contributed by atoms with van der Waals surface area (Å²) in [6, 6.07) is 21.7. The van der Waals surface area contributed by atoms with E-state index in [1.54, 1.807) is 11.2 Å². The fraction of sp³-hybridized carbons (Fsp3) is 0.227. The highest BCUT2D eigenvalue weighted by atomic mass is 16.3. The Balaban J connectivity index is 1.70. The average molecular weight is 348 g/mol. The first-order chi connectivity index (χ1) is 12.6. The summed E-state index contributed by atoms with van der Waals surface area (Å²) >= 11 is 0. The molecular formula is C22H24N2O2. The normalized spacial score (nSPS) is 11.9. The lowest BCUT2D eigenvalue weighted by Gasteiger charge is -2.24. The van der Waals surface area contributed by atoms with E-state index in [-0.39, 0.29) is 18.5 Å². The lowest BCUT2D eigenvalue weighted by Crippen LogP contribution is -2.38. The van der Waals surface area contributed by atoms with Crippen LogP contribution in [0.1, 0.15) is 29.9 Å². The average Bonchev–Trinajstić information content (AvgIpc) is 3.18. The first-order valence-electron chi connectivity index (χ1n) is 8.82. The largest absolute Gasteiger partial charge is 0.467 e. The van der Waals surface area contributed by atoms with Crippen LogP contribution in [0.25, 0.3) is 0 Å². The molecule has 1 aromatic heterocycles. The van der Waals surface area contributed by atoms with Gasteiger partial charge in [-0.05, 0) is 49.2 Å². The number of benzene rings is 2. The smallest absolute Gasteiger partial charge is 0.241 e. The SMILES string of the molecule is Cc1ccccc1C(C)NCC(=O)N(Cc1ccco1)c1ccccc1. The maximum atomic E-state index is 12.9. The van der Waals surface area contributed by atoms with Crippen molar-refractivity contribution in [2.75, 3.05) is 11.4 Å². The molecule has 0 aliphatic carbocycles. The molecule has 2 aromatic carbocycles. The number of nitrogens with one attached hydrogen (secondary N) is 1. The quantitative estimate of drug-likeness (QED) is 0.685. The number of furan rings is 1. The zero-order valence-corrected chi connectivity index (χ0v) is 15.2. The lowest BCUT2D eigenvalue weighted by atomic mass is 10.0. The van der Waals surface area contributed by atoms with Gasteiger partial charge in [-0.3, -0.25) is 4.79 Å². The first kappa shape index (κ1) is 18.0. The molecule has 1 unspecified atom stereocenters. The molecule has 0 aliphatic rings. The maximum absolute atomic E-state index is 12.9. The summed E-state index contributed by atoms with van der Waals surface area (Å²) in [5.41, 5.74) is 3.28. The van der Waals surface area contributed by atoms with Crippen LogP contribution in [0.3, 0.4) is 0 Å². The van der Waals surface area contributed by atoms with Crippen LogP contribution >= 0.6 is 0 Å². The third-order valence-corrected chi connectivity index (χ3v) is 4.48. The van der Waals surface area contributed by atoms with Gasteiger partial charge < -0.3 is 14.6 Å². The molecule has 1 amide bonds. The number of aryl methyl sites for hydroxylation is 1. The van der Waals surface area contributed by atoms with Crippen molar-refractivity contribution in [3.05, 3.63) is 89.9 Å². The van der Waals surface area contributed by atoms with Gasteiger partial charge in [-0.2, -0.15) is 0 Å². The van der Waals surface area contributed by atoms with Crippen molar-refractivity contribution in [3.8, 4) is 0 Å². The standard InChI is InChI=1S/C22H24N2O2/c1-17-9-6-7-13-21(17)18(2)23-15-22(25)24(16-20-12-8-14-26-20)19-10-4-3-5-11-19/h3-14,18,23H,15-16H2,1-2H3. The Morgan fingerprint density at radius 2 is 1.77 bits per heavy atom. The molecule has 4 nitrogen and oxygen atoms in total. The van der Waals surface area contributed by atoms with Crippen LogP contribution in [0, 0.1) is 6.92 Å². The van der Waals surface area contributed by atoms with Crippen molar-refractivity contribution < 1.29 is 9.21 Å². The summed E-state index contributed by atoms with van der Waals surface area (Å²) in [4.78, 5) is 14.7. The number of nitrogens with zero attached hydrogens (tertiary/aromatic N) is 1. The number of anilines is 1. The van der Waals surface area contributed by atoms with E-state index >= 15 is 0 Å². The van der Waals surface area contributed by atoms with Crippen molar-refractivity contribution in [2.45, 2.75) is 26.4 Å². The molecule has 1 heterocycles. The summed E-state index contributed by atoms with van der Waals surface area (Å²) in [6.45, 7) is 4.83. The Labute approximate surface area is 154 Å². The van der Waals surface area contributed by atoms with Crippen molar-refractivity contribution in [1.29, 1.82) is 0 Å². The van der Waals surface area contributed by atoms with Crippen molar-refractivity contribution in [3.63, 3.8) is 0 Å². The van der Waals surface area contributed by atoms with E-state index in [0.717, 1.165) is 11.4 Å². The van der Waals surface area contributed by atoms with Gasteiger partial charge in [0.1, 0.15) is 5.76 Å². The van der Waals surface area contributed by atoms with E-state index in [9.17, 15) is 4.79 Å². The highest BCUT2D eigenvalue weighted by molar-refractivity contribution is 5.94. The van der Waals surface area contributed by atoms with Gasteiger partial charge in [0, 0.05) is 11.7 Å². The minimum atomic E-state index is 0.00744. The van der Waals surface area contributed by atoms with Crippen LogP contribution in [0.2, 0.25) is 0 Å². The minimum Gasteiger partial charge on any atom is -0.467 e. The van der Waals surface area contributed by atoms with Gasteiger partial charge in [-0.1, -0.05) is 42.5 Å². The Morgan fingerprint density at radius 3 is 2.46 bits per heavy atom. The number of carbonyl (C=O) groups excluding carboxylic acids is 1. The topological polar surface area (TPSA) is 45.5 Å². The second kappa shape index (κ2) is 8.50. The molecule has 134 valence electrons. The first-order valence-corrected chi connectivity index (χ1v) is 8.82. The third-order valence-electron chi connectivity index (χ3n) is 4.48. The summed E-state index contributed by atoms with van der Waals surface area (Å²) in [5, 5.41) is 3.35. The molecular weight excluding hydrogens is 324 g/mol. The van der Waals surface area contributed by atoms with E-state index in [1.165, 1.54) is 11.1 Å². The second-order valence-corrected chi connectivity index (χ2v) is 6.35. The summed E-state index contributed by atoms with van der Waals surface area (Å²) in [5.74, 6) is 0.766. The van der Waals surface area contributed by atoms with E-state index in [4.69, 9.17) is 4.42 Å². The summed E-state index contributed by atoms with van der Waals surface area (Å²) in [7, 11) is 0. The number of hydrogen-bond acceptors (Lipinski definition) is 3. The summed E-state index contributed by atoms with van der Waals surface area (Å²) in [6.07, 6.45) is 1.63. The van der Waals surface area contributed by atoms with E-state index in [0.29, 0.717) is 6.54 Å². The second-order valence-electron chi connectivity index (χ2n) is 6.35. The molecule has 0 radical (unpaired) electrons. The fourth-order valence-corrected chi connectivity index (χ4v) is 3.01. The van der Waals surface area contributed by atoms with Crippen LogP contribution in [-0.4, -0.2) is 12.5 Å². The third kappa shape index (κ3) is 4.41. The molecule has 0 fully saturated rings. The number of amides is 1. The zero-order valence-electron chi connectivity index (χ0n) is 15.2. The molecule has 0 aliphatic heterocycles. The van der Waals surface area contributed by atoms with Gasteiger partial charge >= 0.3 is 0 Å². The van der Waals surface area contributed by atoms with Crippen LogP contribution in [0.15, 0.2) is 77.4 Å². The van der Waals surface area contributed by atoms with Gasteiger partial charge in [-0.15, -0.1) is 0 Å². The molecule has 1 atom stereocenters. The number of carbonyl (C=O) groups is 1. The Kier molecular flexibility index (Phi) is 5.87. The van der Waals surface area contributed by atoms with E-state index in [2.05, 4.69) is 31.3 Å². The fourth-order valence-electron chi connectivity index (χ4n) is 3.01. The Morgan fingerprint density at radius 1 is 1.04 bits per heavy atom. The Bertz CT molecular complexity index is 828. The summed E-state index contributed by atoms with van der Waals surface area (Å²) < 4.78 is 5.43. The molecule has 26 heavy (non-hydrogen) atoms. The number of hydrogen-bond donors (Lipinski definition) is 1. The van der Waals surface area contributed by atoms with E-state index in [1.807, 2.05) is 54.6 Å². The Hall–Kier alpha value is -2.85. The predicted molar refractivity (Wildman–Crippen MR) is 104 cm³/mol. The van der Waals surface area contributed by atoms with Crippen LogP contribution in [-0.2, 0) is 11.3 Å². The molecule has 0 bridgehead atoms. The molecule has 1 N–H and O–H groups in total. The van der Waals surface area contributed by atoms with Crippen molar-refractivity contribution in [1.82, 2.24) is 5.32 Å². The van der Waals surface area contributed by atoms with Gasteiger partial charge in [0.25, 0.3) is 0 Å². The maximum Gasteiger partial charge on any atom is 0.241 e. The molecule has 3 rings (SSSR count). The van der Waals surface area contributed by atoms with Gasteiger partial charge in [-0.25, -0.2) is 0 Å². The molecule has 0 saturated carbocycles. The van der Waals surface area contributed by atoms with Crippen LogP contribution < -0.4 is 10.2 Å². The molecule has 0 saturated heterocycles. The molecule has 3 aromatic rings. The lowest BCUT2D eigenvalue weighted by molar-refractivity contribution is -0.118. The van der Waals surface area contributed by atoms with Crippen LogP contribution in [0.4, 0.5) is 5.69 Å². The van der Waals surface area contributed by atoms with Crippen molar-refractivity contribution >= 4 is 11.6 Å². The van der Waals surface area contributed by atoms with Gasteiger partial charge in [0.15, 0.2) is 0 Å². The molecule has 0 spiro atoms. The molecule has 4 heteroatoms. The van der Waals surface area contributed by atoms with Gasteiger partial charge in [0.2, 0.25) is 5.91 Å². The van der Waals surface area contributed by atoms with Gasteiger partial charge in [0.05, 0.1) is 19.4 Å². The number of rotatable bonds is 7.